The molecule has 1 aromatic heterocycles. The van der Waals surface area contributed by atoms with Gasteiger partial charge in [0.2, 0.25) is 5.95 Å². The normalized spacial score (nSPS) is 11.8. The molecule has 0 aromatic carbocycles. The van der Waals surface area contributed by atoms with Crippen molar-refractivity contribution in [2.24, 2.45) is 0 Å². The van der Waals surface area contributed by atoms with Gasteiger partial charge in [-0.1, -0.05) is 0 Å². The molecule has 1 heterocycles. The van der Waals surface area contributed by atoms with E-state index in [4.69, 9.17) is 0 Å². The second kappa shape index (κ2) is 2.69. The molecule has 0 amide bonds. The summed E-state index contributed by atoms with van der Waals surface area (Å²) in [4.78, 5) is 0. The Morgan fingerprint density at radius 3 is 2.25 bits per heavy atom. The number of halogens is 4. The van der Waals surface area contributed by atoms with Crippen LogP contribution < -0.4 is 0 Å². The molecule has 0 unspecified atom stereocenters. The van der Waals surface area contributed by atoms with E-state index in [1.807, 2.05) is 0 Å². The Morgan fingerprint density at radius 1 is 1.25 bits per heavy atom. The summed E-state index contributed by atoms with van der Waals surface area (Å²) in [5, 5.41) is 5.37. The van der Waals surface area contributed by atoms with Crippen molar-refractivity contribution in [1.29, 1.82) is 0 Å². The van der Waals surface area contributed by atoms with Crippen LogP contribution in [0, 0.1) is 12.9 Å². The van der Waals surface area contributed by atoms with E-state index in [1.54, 1.807) is 0 Å². The first-order valence-corrected chi connectivity index (χ1v) is 2.98. The Hall–Kier alpha value is -1.20. The molecule has 0 aliphatic carbocycles. The van der Waals surface area contributed by atoms with Gasteiger partial charge in [0.05, 0.1) is 0 Å². The van der Waals surface area contributed by atoms with Gasteiger partial charge in [0, 0.05) is 5.56 Å². The van der Waals surface area contributed by atoms with Gasteiger partial charge in [-0.05, 0) is 13.0 Å². The molecule has 2 nitrogen and oxygen atoms in total. The van der Waals surface area contributed by atoms with Gasteiger partial charge in [0.25, 0.3) is 0 Å². The van der Waals surface area contributed by atoms with Crippen LogP contribution in [0.2, 0.25) is 0 Å². The van der Waals surface area contributed by atoms with Crippen molar-refractivity contribution in [1.82, 2.24) is 10.2 Å². The van der Waals surface area contributed by atoms with Crippen molar-refractivity contribution in [3.8, 4) is 0 Å². The highest BCUT2D eigenvalue weighted by atomic mass is 19.4. The highest BCUT2D eigenvalue weighted by molar-refractivity contribution is 5.14. The molecular weight excluding hydrogens is 176 g/mol. The summed E-state index contributed by atoms with van der Waals surface area (Å²) in [5.74, 6) is -0.983. The zero-order chi connectivity index (χ0) is 9.35. The highest BCUT2D eigenvalue weighted by Crippen LogP contribution is 2.27. The first-order valence-electron chi connectivity index (χ1n) is 2.98. The summed E-state index contributed by atoms with van der Waals surface area (Å²) in [6.07, 6.45) is -4.56. The maximum atomic E-state index is 12.3. The molecule has 0 spiro atoms. The summed E-state index contributed by atoms with van der Waals surface area (Å²) < 4.78 is 48.0. The van der Waals surface area contributed by atoms with E-state index in [0.29, 0.717) is 6.07 Å². The molecule has 0 saturated heterocycles. The summed E-state index contributed by atoms with van der Waals surface area (Å²) in [6.45, 7) is 1.19. The molecule has 0 aliphatic rings. The molecule has 0 N–H and O–H groups in total. The second-order valence-corrected chi connectivity index (χ2v) is 2.20. The summed E-state index contributed by atoms with van der Waals surface area (Å²) >= 11 is 0. The second-order valence-electron chi connectivity index (χ2n) is 2.20. The number of rotatable bonds is 0. The lowest BCUT2D eigenvalue weighted by Crippen LogP contribution is -2.10. The van der Waals surface area contributed by atoms with E-state index in [2.05, 4.69) is 10.2 Å². The SMILES string of the molecule is Cc1cc(C(F)(F)F)nnc1F. The lowest BCUT2D eigenvalue weighted by Gasteiger charge is -2.04. The zero-order valence-corrected chi connectivity index (χ0v) is 5.98. The van der Waals surface area contributed by atoms with Crippen LogP contribution in [0.4, 0.5) is 17.6 Å². The van der Waals surface area contributed by atoms with Crippen molar-refractivity contribution in [2.45, 2.75) is 13.1 Å². The predicted octanol–water partition coefficient (Wildman–Crippen LogP) is 1.94. The predicted molar refractivity (Wildman–Crippen MR) is 31.7 cm³/mol. The van der Waals surface area contributed by atoms with Crippen LogP contribution in [-0.4, -0.2) is 10.2 Å². The summed E-state index contributed by atoms with van der Waals surface area (Å²) in [7, 11) is 0. The van der Waals surface area contributed by atoms with Crippen LogP contribution in [0.1, 0.15) is 11.3 Å². The molecule has 6 heteroatoms. The standard InChI is InChI=1S/C6H4F4N2/c1-3-2-4(6(8,9)10)11-12-5(3)7/h2H,1H3. The van der Waals surface area contributed by atoms with Crippen LogP contribution in [0.5, 0.6) is 0 Å². The van der Waals surface area contributed by atoms with Crippen LogP contribution in [0.3, 0.4) is 0 Å². The lowest BCUT2D eigenvalue weighted by molar-refractivity contribution is -0.141. The first-order chi connectivity index (χ1) is 5.41. The Bertz CT molecular complexity index is 294. The molecule has 66 valence electrons. The molecule has 1 aromatic rings. The fraction of sp³-hybridized carbons (Fsp3) is 0.333. The topological polar surface area (TPSA) is 25.8 Å². The monoisotopic (exact) mass is 180 g/mol. The van der Waals surface area contributed by atoms with E-state index in [-0.39, 0.29) is 5.56 Å². The third-order valence-electron chi connectivity index (χ3n) is 1.21. The van der Waals surface area contributed by atoms with Gasteiger partial charge in [-0.15, -0.1) is 10.2 Å². The van der Waals surface area contributed by atoms with Crippen molar-refractivity contribution >= 4 is 0 Å². The number of hydrogen-bond donors (Lipinski definition) is 0. The molecule has 12 heavy (non-hydrogen) atoms. The van der Waals surface area contributed by atoms with Crippen molar-refractivity contribution in [3.63, 3.8) is 0 Å². The number of alkyl halides is 3. The molecule has 1 rings (SSSR count). The minimum Gasteiger partial charge on any atom is -0.183 e. The van der Waals surface area contributed by atoms with Gasteiger partial charge in [-0.2, -0.15) is 17.6 Å². The van der Waals surface area contributed by atoms with E-state index in [1.165, 1.54) is 6.92 Å². The van der Waals surface area contributed by atoms with Gasteiger partial charge >= 0.3 is 6.18 Å². The van der Waals surface area contributed by atoms with Gasteiger partial charge in [0.15, 0.2) is 5.69 Å². The number of aromatic nitrogens is 2. The molecule has 0 fully saturated rings. The fourth-order valence-electron chi connectivity index (χ4n) is 0.609. The Balaban J connectivity index is 3.14. The highest BCUT2D eigenvalue weighted by Gasteiger charge is 2.33. The third kappa shape index (κ3) is 1.69. The van der Waals surface area contributed by atoms with Crippen LogP contribution in [0.25, 0.3) is 0 Å². The Kier molecular flexibility index (Phi) is 1.99. The first kappa shape index (κ1) is 8.89. The maximum Gasteiger partial charge on any atom is 0.435 e. The van der Waals surface area contributed by atoms with Crippen LogP contribution in [-0.2, 0) is 6.18 Å². The fourth-order valence-corrected chi connectivity index (χ4v) is 0.609. The number of aryl methyl sites for hydroxylation is 1. The molecule has 0 atom stereocenters. The van der Waals surface area contributed by atoms with Crippen molar-refractivity contribution < 1.29 is 17.6 Å². The summed E-state index contributed by atoms with van der Waals surface area (Å²) in [5.41, 5.74) is -1.35. The van der Waals surface area contributed by atoms with E-state index < -0.39 is 17.8 Å². The largest absolute Gasteiger partial charge is 0.435 e. The number of nitrogens with zero attached hydrogens (tertiary/aromatic N) is 2. The van der Waals surface area contributed by atoms with Gasteiger partial charge < -0.3 is 0 Å². The maximum absolute atomic E-state index is 12.3. The van der Waals surface area contributed by atoms with Crippen LogP contribution >= 0.6 is 0 Å². The van der Waals surface area contributed by atoms with Gasteiger partial charge in [0.1, 0.15) is 0 Å². The Morgan fingerprint density at radius 2 is 1.83 bits per heavy atom. The zero-order valence-electron chi connectivity index (χ0n) is 5.98. The molecule has 0 radical (unpaired) electrons. The Labute approximate surface area is 65.2 Å². The summed E-state index contributed by atoms with van der Waals surface area (Å²) in [6, 6.07) is 0.613. The minimum absolute atomic E-state index is 0.169. The van der Waals surface area contributed by atoms with Gasteiger partial charge in [-0.25, -0.2) is 0 Å². The van der Waals surface area contributed by atoms with E-state index >= 15 is 0 Å². The quantitative estimate of drug-likeness (QED) is 0.570. The number of hydrogen-bond acceptors (Lipinski definition) is 2. The van der Waals surface area contributed by atoms with E-state index in [0.717, 1.165) is 0 Å². The third-order valence-corrected chi connectivity index (χ3v) is 1.21. The molecule has 0 bridgehead atoms. The van der Waals surface area contributed by atoms with Crippen LogP contribution in [0.15, 0.2) is 6.07 Å². The molecule has 0 saturated carbocycles. The smallest absolute Gasteiger partial charge is 0.183 e. The average Bonchev–Trinajstić information content (AvgIpc) is 1.92. The average molecular weight is 180 g/mol. The molecule has 0 aliphatic heterocycles. The lowest BCUT2D eigenvalue weighted by atomic mass is 10.3. The van der Waals surface area contributed by atoms with Gasteiger partial charge in [-0.3, -0.25) is 0 Å². The molecular formula is C6H4F4N2. The van der Waals surface area contributed by atoms with Crippen molar-refractivity contribution in [2.75, 3.05) is 0 Å². The van der Waals surface area contributed by atoms with E-state index in [9.17, 15) is 17.6 Å². The minimum atomic E-state index is -4.56. The van der Waals surface area contributed by atoms with Crippen molar-refractivity contribution in [3.05, 3.63) is 23.3 Å².